The first-order valence-corrected chi connectivity index (χ1v) is 9.51. The van der Waals surface area contributed by atoms with Gasteiger partial charge in [-0.15, -0.1) is 0 Å². The molecular formula is C22H22N4O2. The number of H-pyrrole nitrogens is 1. The van der Waals surface area contributed by atoms with Gasteiger partial charge in [0.05, 0.1) is 17.7 Å². The maximum Gasteiger partial charge on any atom is 0.319 e. The van der Waals surface area contributed by atoms with Crippen molar-refractivity contribution >= 4 is 22.6 Å². The molecule has 6 heteroatoms. The molecule has 0 radical (unpaired) electrons. The van der Waals surface area contributed by atoms with E-state index < -0.39 is 0 Å². The van der Waals surface area contributed by atoms with E-state index in [-0.39, 0.29) is 18.2 Å². The summed E-state index contributed by atoms with van der Waals surface area (Å²) < 4.78 is 6.00. The molecule has 0 bridgehead atoms. The second-order valence-electron chi connectivity index (χ2n) is 7.11. The Balaban J connectivity index is 1.24. The Hall–Kier alpha value is -3.46. The summed E-state index contributed by atoms with van der Waals surface area (Å²) in [4.78, 5) is 15.4. The third-order valence-corrected chi connectivity index (χ3v) is 5.11. The SMILES string of the molecule is N#Cc1ccc(OC2CCC(NC(=O)Nc3ccc4cc[nH]c4c3)CC2)cc1. The van der Waals surface area contributed by atoms with Gasteiger partial charge >= 0.3 is 6.03 Å². The largest absolute Gasteiger partial charge is 0.490 e. The van der Waals surface area contributed by atoms with Gasteiger partial charge in [-0.1, -0.05) is 6.07 Å². The third kappa shape index (κ3) is 4.26. The molecule has 1 fully saturated rings. The van der Waals surface area contributed by atoms with Crippen molar-refractivity contribution in [2.45, 2.75) is 37.8 Å². The Bertz CT molecular complexity index is 995. The number of aromatic nitrogens is 1. The monoisotopic (exact) mass is 374 g/mol. The molecule has 2 amide bonds. The number of amides is 2. The fourth-order valence-corrected chi connectivity index (χ4v) is 3.60. The highest BCUT2D eigenvalue weighted by Crippen LogP contribution is 2.24. The fourth-order valence-electron chi connectivity index (χ4n) is 3.60. The standard InChI is InChI=1S/C22H22N4O2/c23-14-15-1-7-19(8-2-15)28-20-9-5-17(6-10-20)25-22(27)26-18-4-3-16-11-12-24-21(16)13-18/h1-4,7-8,11-13,17,20,24H,5-6,9-10H2,(H2,25,26,27). The quantitative estimate of drug-likeness (QED) is 0.626. The van der Waals surface area contributed by atoms with Crippen molar-refractivity contribution in [3.05, 3.63) is 60.3 Å². The zero-order chi connectivity index (χ0) is 19.3. The van der Waals surface area contributed by atoms with E-state index in [1.165, 1.54) is 0 Å². The predicted molar refractivity (Wildman–Crippen MR) is 108 cm³/mol. The number of hydrogen-bond donors (Lipinski definition) is 3. The van der Waals surface area contributed by atoms with Crippen molar-refractivity contribution in [1.82, 2.24) is 10.3 Å². The van der Waals surface area contributed by atoms with Crippen LogP contribution < -0.4 is 15.4 Å². The summed E-state index contributed by atoms with van der Waals surface area (Å²) in [5.74, 6) is 0.785. The van der Waals surface area contributed by atoms with E-state index in [2.05, 4.69) is 21.7 Å². The lowest BCUT2D eigenvalue weighted by Gasteiger charge is -2.29. The summed E-state index contributed by atoms with van der Waals surface area (Å²) in [7, 11) is 0. The summed E-state index contributed by atoms with van der Waals surface area (Å²) in [6.07, 6.45) is 5.56. The number of carbonyl (C=O) groups excluding carboxylic acids is 1. The summed E-state index contributed by atoms with van der Waals surface area (Å²) in [6.45, 7) is 0. The van der Waals surface area contributed by atoms with Crippen LogP contribution in [0.5, 0.6) is 5.75 Å². The van der Waals surface area contributed by atoms with Crippen LogP contribution in [-0.2, 0) is 0 Å². The number of nitrogens with zero attached hydrogens (tertiary/aromatic N) is 1. The second kappa shape index (κ2) is 8.05. The zero-order valence-corrected chi connectivity index (χ0v) is 15.4. The summed E-state index contributed by atoms with van der Waals surface area (Å²) in [5.41, 5.74) is 2.39. The van der Waals surface area contributed by atoms with E-state index in [1.807, 2.05) is 42.6 Å². The summed E-state index contributed by atoms with van der Waals surface area (Å²) >= 11 is 0. The predicted octanol–water partition coefficient (Wildman–Crippen LogP) is 4.55. The van der Waals surface area contributed by atoms with Crippen molar-refractivity contribution < 1.29 is 9.53 Å². The molecule has 3 N–H and O–H groups in total. The number of urea groups is 1. The molecule has 142 valence electrons. The molecule has 1 saturated carbocycles. The molecule has 4 rings (SSSR count). The number of rotatable bonds is 4. The molecule has 1 heterocycles. The normalized spacial score (nSPS) is 19.0. The topological polar surface area (TPSA) is 89.9 Å². The highest BCUT2D eigenvalue weighted by atomic mass is 16.5. The molecule has 0 unspecified atom stereocenters. The Morgan fingerprint density at radius 3 is 2.61 bits per heavy atom. The van der Waals surface area contributed by atoms with Crippen LogP contribution >= 0.6 is 0 Å². The molecule has 6 nitrogen and oxygen atoms in total. The average molecular weight is 374 g/mol. The van der Waals surface area contributed by atoms with Crippen molar-refractivity contribution in [3.8, 4) is 11.8 Å². The minimum absolute atomic E-state index is 0.143. The Morgan fingerprint density at radius 2 is 1.86 bits per heavy atom. The minimum Gasteiger partial charge on any atom is -0.490 e. The lowest BCUT2D eigenvalue weighted by Crippen LogP contribution is -2.41. The zero-order valence-electron chi connectivity index (χ0n) is 15.4. The van der Waals surface area contributed by atoms with Gasteiger partial charge in [0, 0.05) is 23.4 Å². The maximum absolute atomic E-state index is 12.3. The molecule has 0 aliphatic heterocycles. The molecule has 1 aromatic heterocycles. The molecular weight excluding hydrogens is 352 g/mol. The first kappa shape index (κ1) is 17.9. The molecule has 1 aliphatic carbocycles. The van der Waals surface area contributed by atoms with E-state index in [9.17, 15) is 4.79 Å². The van der Waals surface area contributed by atoms with Gasteiger partial charge in [0.15, 0.2) is 0 Å². The van der Waals surface area contributed by atoms with Crippen LogP contribution in [0.15, 0.2) is 54.7 Å². The molecule has 3 aromatic rings. The van der Waals surface area contributed by atoms with Gasteiger partial charge in [0.25, 0.3) is 0 Å². The molecule has 0 atom stereocenters. The average Bonchev–Trinajstić information content (AvgIpc) is 3.18. The van der Waals surface area contributed by atoms with Crippen molar-refractivity contribution in [2.24, 2.45) is 0 Å². The van der Waals surface area contributed by atoms with Crippen LogP contribution in [0, 0.1) is 11.3 Å². The first-order chi connectivity index (χ1) is 13.7. The Kier molecular flexibility index (Phi) is 5.16. The van der Waals surface area contributed by atoms with Crippen LogP contribution in [0.25, 0.3) is 10.9 Å². The molecule has 0 saturated heterocycles. The van der Waals surface area contributed by atoms with Crippen molar-refractivity contribution in [1.29, 1.82) is 5.26 Å². The van der Waals surface area contributed by atoms with Gasteiger partial charge < -0.3 is 20.4 Å². The van der Waals surface area contributed by atoms with Gasteiger partial charge in [0.2, 0.25) is 0 Å². The summed E-state index contributed by atoms with van der Waals surface area (Å²) in [5, 5.41) is 15.9. The van der Waals surface area contributed by atoms with Crippen LogP contribution in [-0.4, -0.2) is 23.2 Å². The first-order valence-electron chi connectivity index (χ1n) is 9.51. The third-order valence-electron chi connectivity index (χ3n) is 5.11. The van der Waals surface area contributed by atoms with Crippen molar-refractivity contribution in [3.63, 3.8) is 0 Å². The van der Waals surface area contributed by atoms with Gasteiger partial charge in [0.1, 0.15) is 5.75 Å². The van der Waals surface area contributed by atoms with Gasteiger partial charge in [-0.05, 0) is 73.5 Å². The molecule has 0 spiro atoms. The van der Waals surface area contributed by atoms with Gasteiger partial charge in [-0.25, -0.2) is 4.79 Å². The van der Waals surface area contributed by atoms with E-state index in [1.54, 1.807) is 12.1 Å². The van der Waals surface area contributed by atoms with Crippen LogP contribution in [0.3, 0.4) is 0 Å². The smallest absolute Gasteiger partial charge is 0.319 e. The highest BCUT2D eigenvalue weighted by Gasteiger charge is 2.23. The number of nitriles is 1. The van der Waals surface area contributed by atoms with E-state index in [0.29, 0.717) is 5.56 Å². The highest BCUT2D eigenvalue weighted by molar-refractivity contribution is 5.92. The minimum atomic E-state index is -0.178. The van der Waals surface area contributed by atoms with E-state index in [4.69, 9.17) is 10.00 Å². The Morgan fingerprint density at radius 1 is 1.07 bits per heavy atom. The maximum atomic E-state index is 12.3. The number of ether oxygens (including phenoxy) is 1. The van der Waals surface area contributed by atoms with E-state index in [0.717, 1.165) is 48.0 Å². The lowest BCUT2D eigenvalue weighted by atomic mass is 9.93. The summed E-state index contributed by atoms with van der Waals surface area (Å²) in [6, 6.07) is 17.1. The van der Waals surface area contributed by atoms with E-state index >= 15 is 0 Å². The number of aromatic amines is 1. The van der Waals surface area contributed by atoms with Gasteiger partial charge in [-0.3, -0.25) is 0 Å². The molecule has 2 aromatic carbocycles. The van der Waals surface area contributed by atoms with Crippen LogP contribution in [0.1, 0.15) is 31.2 Å². The number of carbonyl (C=O) groups is 1. The van der Waals surface area contributed by atoms with Crippen LogP contribution in [0.4, 0.5) is 10.5 Å². The molecule has 1 aliphatic rings. The molecule has 28 heavy (non-hydrogen) atoms. The second-order valence-corrected chi connectivity index (χ2v) is 7.11. The number of anilines is 1. The number of nitrogens with one attached hydrogen (secondary N) is 3. The van der Waals surface area contributed by atoms with Crippen LogP contribution in [0.2, 0.25) is 0 Å². The fraction of sp³-hybridized carbons (Fsp3) is 0.273. The number of fused-ring (bicyclic) bond motifs is 1. The lowest BCUT2D eigenvalue weighted by molar-refractivity contribution is 0.141. The Labute approximate surface area is 163 Å². The van der Waals surface area contributed by atoms with Gasteiger partial charge in [-0.2, -0.15) is 5.26 Å². The number of hydrogen-bond acceptors (Lipinski definition) is 3. The van der Waals surface area contributed by atoms with Crippen molar-refractivity contribution in [2.75, 3.05) is 5.32 Å². The number of benzene rings is 2.